The van der Waals surface area contributed by atoms with E-state index in [1.54, 1.807) is 22.6 Å². The molecule has 0 saturated heterocycles. The number of aromatic nitrogens is 1. The minimum absolute atomic E-state index is 0.185. The number of hydrogen-bond acceptors (Lipinski definition) is 2. The van der Waals surface area contributed by atoms with E-state index in [0.717, 1.165) is 6.20 Å². The topological polar surface area (TPSA) is 36.7 Å². The molecule has 0 bridgehead atoms. The second-order valence-electron chi connectivity index (χ2n) is 2.23. The zero-order chi connectivity index (χ0) is 10.1. The molecule has 0 aliphatic rings. The van der Waals surface area contributed by atoms with Crippen molar-refractivity contribution < 1.29 is 13.2 Å². The van der Waals surface area contributed by atoms with E-state index in [1.165, 1.54) is 12.3 Å². The van der Waals surface area contributed by atoms with Crippen LogP contribution in [0.1, 0.15) is 5.56 Å². The summed E-state index contributed by atoms with van der Waals surface area (Å²) in [5.41, 5.74) is -1.54. The van der Waals surface area contributed by atoms with Crippen LogP contribution < -0.4 is 0 Å². The number of nitrogens with zero attached hydrogens (tertiary/aromatic N) is 1. The van der Waals surface area contributed by atoms with Gasteiger partial charge in [0.2, 0.25) is 0 Å². The molecule has 0 unspecified atom stereocenters. The lowest BCUT2D eigenvalue weighted by Crippen LogP contribution is -2.23. The second kappa shape index (κ2) is 3.60. The molecule has 6 heteroatoms. The van der Waals surface area contributed by atoms with E-state index in [0.29, 0.717) is 3.57 Å². The van der Waals surface area contributed by atoms with Crippen LogP contribution in [0.2, 0.25) is 0 Å². The van der Waals surface area contributed by atoms with Gasteiger partial charge in [0.1, 0.15) is 5.71 Å². The second-order valence-corrected chi connectivity index (χ2v) is 3.39. The van der Waals surface area contributed by atoms with Gasteiger partial charge in [-0.05, 0) is 28.7 Å². The summed E-state index contributed by atoms with van der Waals surface area (Å²) in [4.78, 5) is 3.53. The zero-order valence-electron chi connectivity index (χ0n) is 6.19. The van der Waals surface area contributed by atoms with Gasteiger partial charge < -0.3 is 0 Å². The highest BCUT2D eigenvalue weighted by atomic mass is 127. The molecular formula is C7H4F3IN2. The number of pyridine rings is 1. The van der Waals surface area contributed by atoms with Gasteiger partial charge in [-0.25, -0.2) is 0 Å². The first kappa shape index (κ1) is 10.4. The molecule has 13 heavy (non-hydrogen) atoms. The molecule has 0 fully saturated rings. The van der Waals surface area contributed by atoms with Gasteiger partial charge in [-0.3, -0.25) is 10.4 Å². The Hall–Kier alpha value is -0.660. The predicted octanol–water partition coefficient (Wildman–Crippen LogP) is 2.62. The Morgan fingerprint density at radius 3 is 2.54 bits per heavy atom. The van der Waals surface area contributed by atoms with E-state index in [1.807, 2.05) is 0 Å². The van der Waals surface area contributed by atoms with Crippen LogP contribution in [-0.2, 0) is 0 Å². The van der Waals surface area contributed by atoms with Crippen molar-refractivity contribution >= 4 is 28.3 Å². The number of hydrogen-bond donors (Lipinski definition) is 1. The molecule has 0 radical (unpaired) electrons. The third kappa shape index (κ3) is 2.39. The minimum atomic E-state index is -4.61. The first-order valence-corrected chi connectivity index (χ1v) is 4.26. The normalized spacial score (nSPS) is 11.4. The minimum Gasteiger partial charge on any atom is -0.296 e. The van der Waals surface area contributed by atoms with Gasteiger partial charge in [-0.1, -0.05) is 0 Å². The van der Waals surface area contributed by atoms with Crippen LogP contribution in [0.4, 0.5) is 13.2 Å². The lowest BCUT2D eigenvalue weighted by atomic mass is 10.2. The fourth-order valence-corrected chi connectivity index (χ4v) is 1.28. The molecule has 0 atom stereocenters. The van der Waals surface area contributed by atoms with Crippen LogP contribution in [0, 0.1) is 8.98 Å². The molecule has 70 valence electrons. The SMILES string of the molecule is N=C(c1cnccc1I)C(F)(F)F. The molecule has 1 aromatic rings. The first-order chi connectivity index (χ1) is 5.93. The average molecular weight is 300 g/mol. The summed E-state index contributed by atoms with van der Waals surface area (Å²) in [6, 6.07) is 1.43. The molecule has 1 N–H and O–H groups in total. The monoisotopic (exact) mass is 300 g/mol. The maximum absolute atomic E-state index is 12.1. The Morgan fingerprint density at radius 2 is 2.08 bits per heavy atom. The van der Waals surface area contributed by atoms with Crippen molar-refractivity contribution in [3.05, 3.63) is 27.6 Å². The quantitative estimate of drug-likeness (QED) is 0.628. The van der Waals surface area contributed by atoms with Crippen LogP contribution in [-0.4, -0.2) is 16.9 Å². The standard InChI is InChI=1S/C7H4F3IN2/c8-7(9,10)6(12)4-3-13-2-1-5(4)11/h1-3,12H. The molecule has 0 spiro atoms. The molecule has 0 aliphatic carbocycles. The Kier molecular flexibility index (Phi) is 2.89. The number of rotatable bonds is 1. The van der Waals surface area contributed by atoms with Crippen molar-refractivity contribution in [2.75, 3.05) is 0 Å². The summed E-state index contributed by atoms with van der Waals surface area (Å²) in [5, 5.41) is 6.85. The van der Waals surface area contributed by atoms with Crippen molar-refractivity contribution in [2.24, 2.45) is 0 Å². The van der Waals surface area contributed by atoms with Crippen molar-refractivity contribution in [3.8, 4) is 0 Å². The van der Waals surface area contributed by atoms with Crippen LogP contribution in [0.5, 0.6) is 0 Å². The predicted molar refractivity (Wildman–Crippen MR) is 49.8 cm³/mol. The van der Waals surface area contributed by atoms with Crippen LogP contribution in [0.25, 0.3) is 0 Å². The highest BCUT2D eigenvalue weighted by Crippen LogP contribution is 2.23. The third-order valence-corrected chi connectivity index (χ3v) is 2.26. The number of halogens is 4. The van der Waals surface area contributed by atoms with Crippen molar-refractivity contribution in [2.45, 2.75) is 6.18 Å². The summed E-state index contributed by atoms with van der Waals surface area (Å²) in [7, 11) is 0. The highest BCUT2D eigenvalue weighted by molar-refractivity contribution is 14.1. The van der Waals surface area contributed by atoms with Crippen LogP contribution in [0.15, 0.2) is 18.5 Å². The van der Waals surface area contributed by atoms with Gasteiger partial charge in [0, 0.05) is 21.5 Å². The van der Waals surface area contributed by atoms with E-state index in [2.05, 4.69) is 4.98 Å². The summed E-state index contributed by atoms with van der Waals surface area (Å²) in [6.07, 6.45) is -2.19. The number of alkyl halides is 3. The third-order valence-electron chi connectivity index (χ3n) is 1.32. The maximum Gasteiger partial charge on any atom is 0.433 e. The van der Waals surface area contributed by atoms with E-state index in [4.69, 9.17) is 5.41 Å². The summed E-state index contributed by atoms with van der Waals surface area (Å²) >= 11 is 1.73. The van der Waals surface area contributed by atoms with Crippen LogP contribution >= 0.6 is 22.6 Å². The van der Waals surface area contributed by atoms with E-state index < -0.39 is 11.9 Å². The van der Waals surface area contributed by atoms with Crippen molar-refractivity contribution in [1.29, 1.82) is 5.41 Å². The Balaban J connectivity index is 3.10. The Bertz CT molecular complexity index is 335. The lowest BCUT2D eigenvalue weighted by Gasteiger charge is -2.08. The Morgan fingerprint density at radius 1 is 1.46 bits per heavy atom. The summed E-state index contributed by atoms with van der Waals surface area (Å²) in [5.74, 6) is 0. The molecule has 1 heterocycles. The molecule has 1 rings (SSSR count). The summed E-state index contributed by atoms with van der Waals surface area (Å²) in [6.45, 7) is 0. The number of nitrogens with one attached hydrogen (secondary N) is 1. The van der Waals surface area contributed by atoms with Gasteiger partial charge in [0.25, 0.3) is 0 Å². The zero-order valence-corrected chi connectivity index (χ0v) is 8.35. The average Bonchev–Trinajstić information content (AvgIpc) is 2.02. The van der Waals surface area contributed by atoms with Gasteiger partial charge in [0.15, 0.2) is 0 Å². The molecule has 1 aromatic heterocycles. The lowest BCUT2D eigenvalue weighted by molar-refractivity contribution is -0.0588. The molecule has 0 amide bonds. The van der Waals surface area contributed by atoms with Gasteiger partial charge in [-0.2, -0.15) is 13.2 Å². The van der Waals surface area contributed by atoms with E-state index in [-0.39, 0.29) is 5.56 Å². The van der Waals surface area contributed by atoms with Gasteiger partial charge in [0.05, 0.1) is 0 Å². The fraction of sp³-hybridized carbons (Fsp3) is 0.143. The first-order valence-electron chi connectivity index (χ1n) is 3.18. The van der Waals surface area contributed by atoms with E-state index in [9.17, 15) is 13.2 Å². The fourth-order valence-electron chi connectivity index (χ4n) is 0.714. The van der Waals surface area contributed by atoms with E-state index >= 15 is 0 Å². The summed E-state index contributed by atoms with van der Waals surface area (Å²) < 4.78 is 36.5. The van der Waals surface area contributed by atoms with Crippen molar-refractivity contribution in [1.82, 2.24) is 4.98 Å². The maximum atomic E-state index is 12.1. The van der Waals surface area contributed by atoms with Gasteiger partial charge in [-0.15, -0.1) is 0 Å². The van der Waals surface area contributed by atoms with Crippen molar-refractivity contribution in [3.63, 3.8) is 0 Å². The molecule has 2 nitrogen and oxygen atoms in total. The molecule has 0 aromatic carbocycles. The highest BCUT2D eigenvalue weighted by Gasteiger charge is 2.36. The largest absolute Gasteiger partial charge is 0.433 e. The Labute approximate surface area is 85.8 Å². The molecule has 0 aliphatic heterocycles. The molecular weight excluding hydrogens is 296 g/mol. The molecule has 0 saturated carbocycles. The van der Waals surface area contributed by atoms with Crippen LogP contribution in [0.3, 0.4) is 0 Å². The van der Waals surface area contributed by atoms with Gasteiger partial charge >= 0.3 is 6.18 Å². The smallest absolute Gasteiger partial charge is 0.296 e.